The van der Waals surface area contributed by atoms with E-state index in [-0.39, 0.29) is 5.97 Å². The van der Waals surface area contributed by atoms with Gasteiger partial charge >= 0.3 is 11.9 Å². The van der Waals surface area contributed by atoms with E-state index in [0.717, 1.165) is 12.8 Å². The van der Waals surface area contributed by atoms with Gasteiger partial charge in [0.1, 0.15) is 9.15 Å². The number of hydrogen-bond donors (Lipinski definition) is 1. The topological polar surface area (TPSA) is 63.6 Å². The molecule has 0 heterocycles. The fourth-order valence-electron chi connectivity index (χ4n) is 1.54. The van der Waals surface area contributed by atoms with Gasteiger partial charge in [0.2, 0.25) is 0 Å². The summed E-state index contributed by atoms with van der Waals surface area (Å²) in [5, 5.41) is 8.72. The van der Waals surface area contributed by atoms with Crippen molar-refractivity contribution < 1.29 is 19.4 Å². The average Bonchev–Trinajstić information content (AvgIpc) is 2.34. The van der Waals surface area contributed by atoms with Gasteiger partial charge < -0.3 is 9.84 Å². The maximum absolute atomic E-state index is 11.8. The number of carbonyl (C=O) groups is 2. The molecule has 0 saturated heterocycles. The van der Waals surface area contributed by atoms with Crippen LogP contribution in [0.4, 0.5) is 0 Å². The van der Waals surface area contributed by atoms with E-state index in [2.05, 4.69) is 31.9 Å². The van der Waals surface area contributed by atoms with Crippen molar-refractivity contribution in [3.05, 3.63) is 0 Å². The SMILES string of the molecule is CCOC(=O)C(Br)(CC)CCCCC(Br)C(=O)O. The third kappa shape index (κ3) is 6.18. The molecular weight excluding hydrogens is 368 g/mol. The van der Waals surface area contributed by atoms with Gasteiger partial charge in [-0.3, -0.25) is 9.59 Å². The van der Waals surface area contributed by atoms with Crippen molar-refractivity contribution in [2.24, 2.45) is 0 Å². The maximum Gasteiger partial charge on any atom is 0.322 e. The fraction of sp³-hybridized carbons (Fsp3) is 0.833. The van der Waals surface area contributed by atoms with Gasteiger partial charge in [-0.15, -0.1) is 0 Å². The highest BCUT2D eigenvalue weighted by molar-refractivity contribution is 9.10. The van der Waals surface area contributed by atoms with E-state index in [9.17, 15) is 9.59 Å². The first-order valence-electron chi connectivity index (χ1n) is 6.10. The third-order valence-corrected chi connectivity index (χ3v) is 4.88. The molecule has 0 aliphatic heterocycles. The number of carboxylic acid groups (broad SMARTS) is 1. The summed E-state index contributed by atoms with van der Waals surface area (Å²) in [7, 11) is 0. The minimum absolute atomic E-state index is 0.235. The van der Waals surface area contributed by atoms with Crippen LogP contribution in [0.2, 0.25) is 0 Å². The molecule has 0 aromatic carbocycles. The lowest BCUT2D eigenvalue weighted by Crippen LogP contribution is -2.33. The molecule has 0 spiro atoms. The fourth-order valence-corrected chi connectivity index (χ4v) is 2.25. The number of aliphatic carboxylic acids is 1. The predicted molar refractivity (Wildman–Crippen MR) is 77.4 cm³/mol. The van der Waals surface area contributed by atoms with Gasteiger partial charge in [0, 0.05) is 0 Å². The van der Waals surface area contributed by atoms with Crippen LogP contribution in [0.15, 0.2) is 0 Å². The van der Waals surface area contributed by atoms with Gasteiger partial charge in [0.15, 0.2) is 0 Å². The smallest absolute Gasteiger partial charge is 0.322 e. The minimum Gasteiger partial charge on any atom is -0.480 e. The lowest BCUT2D eigenvalue weighted by molar-refractivity contribution is -0.146. The molecule has 0 rings (SSSR count). The molecule has 0 radical (unpaired) electrons. The molecule has 0 aliphatic carbocycles. The third-order valence-electron chi connectivity index (χ3n) is 2.75. The molecule has 0 fully saturated rings. The molecule has 6 heteroatoms. The highest BCUT2D eigenvalue weighted by Crippen LogP contribution is 2.31. The molecule has 0 aromatic rings. The average molecular weight is 388 g/mol. The second-order valence-electron chi connectivity index (χ2n) is 4.09. The lowest BCUT2D eigenvalue weighted by atomic mass is 9.98. The van der Waals surface area contributed by atoms with Crippen LogP contribution in [0, 0.1) is 0 Å². The molecule has 1 N–H and O–H groups in total. The summed E-state index contributed by atoms with van der Waals surface area (Å²) in [6.07, 6.45) is 3.41. The number of alkyl halides is 2. The Labute approximate surface area is 125 Å². The van der Waals surface area contributed by atoms with Gasteiger partial charge in [0.25, 0.3) is 0 Å². The zero-order valence-corrected chi connectivity index (χ0v) is 13.9. The Hall–Kier alpha value is -0.100. The first-order valence-corrected chi connectivity index (χ1v) is 7.81. The van der Waals surface area contributed by atoms with Crippen LogP contribution in [0.5, 0.6) is 0 Å². The molecular formula is C12H20Br2O4. The van der Waals surface area contributed by atoms with E-state index in [1.165, 1.54) is 0 Å². The molecule has 2 atom stereocenters. The highest BCUT2D eigenvalue weighted by atomic mass is 79.9. The number of rotatable bonds is 9. The Bertz CT molecular complexity index is 283. The highest BCUT2D eigenvalue weighted by Gasteiger charge is 2.34. The summed E-state index contributed by atoms with van der Waals surface area (Å²) in [6, 6.07) is 0. The van der Waals surface area contributed by atoms with E-state index in [4.69, 9.17) is 9.84 Å². The standard InChI is InChI=1S/C12H20Br2O4/c1-3-12(14,11(17)18-4-2)8-6-5-7-9(13)10(15)16/h9H,3-8H2,1-2H3,(H,15,16). The van der Waals surface area contributed by atoms with Crippen LogP contribution in [0.25, 0.3) is 0 Å². The normalized spacial score (nSPS) is 15.8. The van der Waals surface area contributed by atoms with E-state index in [0.29, 0.717) is 25.9 Å². The zero-order valence-electron chi connectivity index (χ0n) is 10.7. The number of carbonyl (C=O) groups excluding carboxylic acids is 1. The van der Waals surface area contributed by atoms with Crippen molar-refractivity contribution >= 4 is 43.8 Å². The number of ether oxygens (including phenoxy) is 1. The van der Waals surface area contributed by atoms with Crippen LogP contribution < -0.4 is 0 Å². The van der Waals surface area contributed by atoms with Crippen molar-refractivity contribution in [1.29, 1.82) is 0 Å². The minimum atomic E-state index is -0.846. The van der Waals surface area contributed by atoms with Gasteiger partial charge in [-0.05, 0) is 26.2 Å². The van der Waals surface area contributed by atoms with Crippen molar-refractivity contribution in [2.45, 2.75) is 55.1 Å². The Kier molecular flexibility index (Phi) is 8.86. The Morgan fingerprint density at radius 2 is 1.94 bits per heavy atom. The van der Waals surface area contributed by atoms with Crippen LogP contribution >= 0.6 is 31.9 Å². The van der Waals surface area contributed by atoms with Crippen LogP contribution in [0.1, 0.15) is 46.0 Å². The molecule has 2 unspecified atom stereocenters. The number of esters is 1. The molecule has 0 saturated carbocycles. The second kappa shape index (κ2) is 8.91. The van der Waals surface area contributed by atoms with Gasteiger partial charge in [-0.1, -0.05) is 51.6 Å². The first kappa shape index (κ1) is 17.9. The van der Waals surface area contributed by atoms with E-state index < -0.39 is 15.1 Å². The summed E-state index contributed by atoms with van der Waals surface area (Å²) >= 11 is 6.54. The number of carboxylic acids is 1. The van der Waals surface area contributed by atoms with E-state index in [1.54, 1.807) is 6.92 Å². The molecule has 4 nitrogen and oxygen atoms in total. The zero-order chi connectivity index (χ0) is 14.2. The van der Waals surface area contributed by atoms with Crippen LogP contribution in [0.3, 0.4) is 0 Å². The first-order chi connectivity index (χ1) is 8.37. The Balaban J connectivity index is 4.07. The second-order valence-corrected chi connectivity index (χ2v) is 6.71. The summed E-state index contributed by atoms with van der Waals surface area (Å²) in [4.78, 5) is 21.9. The molecule has 0 amide bonds. The van der Waals surface area contributed by atoms with E-state index >= 15 is 0 Å². The molecule has 0 aliphatic rings. The van der Waals surface area contributed by atoms with Crippen molar-refractivity contribution in [3.63, 3.8) is 0 Å². The molecule has 106 valence electrons. The van der Waals surface area contributed by atoms with E-state index in [1.807, 2.05) is 6.92 Å². The summed E-state index contributed by atoms with van der Waals surface area (Å²) in [6.45, 7) is 4.08. The lowest BCUT2D eigenvalue weighted by Gasteiger charge is -2.23. The van der Waals surface area contributed by atoms with Crippen molar-refractivity contribution in [2.75, 3.05) is 6.61 Å². The quantitative estimate of drug-likeness (QED) is 0.373. The summed E-state index contributed by atoms with van der Waals surface area (Å²) in [5.41, 5.74) is 0. The molecule has 0 aromatic heterocycles. The summed E-state index contributed by atoms with van der Waals surface area (Å²) < 4.78 is 4.39. The Morgan fingerprint density at radius 3 is 2.39 bits per heavy atom. The van der Waals surface area contributed by atoms with Crippen LogP contribution in [-0.4, -0.2) is 32.8 Å². The van der Waals surface area contributed by atoms with Crippen molar-refractivity contribution in [3.8, 4) is 0 Å². The van der Waals surface area contributed by atoms with Gasteiger partial charge in [0.05, 0.1) is 6.61 Å². The van der Waals surface area contributed by atoms with Gasteiger partial charge in [-0.2, -0.15) is 0 Å². The Morgan fingerprint density at radius 1 is 1.33 bits per heavy atom. The van der Waals surface area contributed by atoms with Crippen molar-refractivity contribution in [1.82, 2.24) is 0 Å². The number of unbranched alkanes of at least 4 members (excludes halogenated alkanes) is 1. The van der Waals surface area contributed by atoms with Crippen LogP contribution in [-0.2, 0) is 14.3 Å². The number of hydrogen-bond acceptors (Lipinski definition) is 3. The monoisotopic (exact) mass is 386 g/mol. The molecule has 0 bridgehead atoms. The number of halogens is 2. The summed E-state index contributed by atoms with van der Waals surface area (Å²) in [5.74, 6) is -1.08. The predicted octanol–water partition coefficient (Wildman–Crippen LogP) is 3.50. The maximum atomic E-state index is 11.8. The van der Waals surface area contributed by atoms with Gasteiger partial charge in [-0.25, -0.2) is 0 Å². The molecule has 18 heavy (non-hydrogen) atoms. The largest absolute Gasteiger partial charge is 0.480 e.